The van der Waals surface area contributed by atoms with E-state index < -0.39 is 23.8 Å². The molecule has 3 aromatic rings. The number of nitrogens with one attached hydrogen (secondary N) is 1. The molecule has 1 aliphatic heterocycles. The van der Waals surface area contributed by atoms with Crippen LogP contribution in [0, 0.1) is 6.92 Å². The van der Waals surface area contributed by atoms with Gasteiger partial charge in [-0.05, 0) is 74.4 Å². The van der Waals surface area contributed by atoms with Gasteiger partial charge in [0.15, 0.2) is 11.5 Å². The van der Waals surface area contributed by atoms with Gasteiger partial charge in [-0.15, -0.1) is 0 Å². The third-order valence-corrected chi connectivity index (χ3v) is 5.79. The Morgan fingerprint density at radius 2 is 1.67 bits per heavy atom. The summed E-state index contributed by atoms with van der Waals surface area (Å²) in [5, 5.41) is 2.19. The zero-order valence-electron chi connectivity index (χ0n) is 21.9. The van der Waals surface area contributed by atoms with Gasteiger partial charge in [-0.3, -0.25) is 14.9 Å². The Kier molecular flexibility index (Phi) is 8.40. The summed E-state index contributed by atoms with van der Waals surface area (Å²) >= 11 is 0. The van der Waals surface area contributed by atoms with Crippen molar-refractivity contribution in [2.75, 3.05) is 18.1 Å². The maximum atomic E-state index is 13.3. The third-order valence-electron chi connectivity index (χ3n) is 5.79. The van der Waals surface area contributed by atoms with Crippen LogP contribution in [0.4, 0.5) is 10.5 Å². The first kappa shape index (κ1) is 27.1. The van der Waals surface area contributed by atoms with E-state index >= 15 is 0 Å². The number of esters is 1. The summed E-state index contributed by atoms with van der Waals surface area (Å²) in [7, 11) is 0. The van der Waals surface area contributed by atoms with Crippen LogP contribution in [0.2, 0.25) is 0 Å². The molecule has 1 N–H and O–H groups in total. The Labute approximate surface area is 226 Å². The number of aryl methyl sites for hydroxylation is 1. The van der Waals surface area contributed by atoms with E-state index in [1.165, 1.54) is 30.3 Å². The lowest BCUT2D eigenvalue weighted by Gasteiger charge is -2.26. The number of carbonyl (C=O) groups is 4. The van der Waals surface area contributed by atoms with Crippen LogP contribution in [-0.4, -0.2) is 37.0 Å². The van der Waals surface area contributed by atoms with Crippen molar-refractivity contribution in [2.45, 2.75) is 27.4 Å². The van der Waals surface area contributed by atoms with Gasteiger partial charge in [0.1, 0.15) is 12.2 Å². The van der Waals surface area contributed by atoms with Crippen LogP contribution in [0.25, 0.3) is 6.08 Å². The Bertz CT molecular complexity index is 1440. The van der Waals surface area contributed by atoms with E-state index in [1.807, 2.05) is 38.1 Å². The number of hydrogen-bond acceptors (Lipinski definition) is 7. The number of imide groups is 2. The van der Waals surface area contributed by atoms with Gasteiger partial charge in [-0.2, -0.15) is 0 Å². The van der Waals surface area contributed by atoms with E-state index in [4.69, 9.17) is 14.2 Å². The summed E-state index contributed by atoms with van der Waals surface area (Å²) in [6, 6.07) is 17.9. The second kappa shape index (κ2) is 12.1. The maximum absolute atomic E-state index is 13.3. The van der Waals surface area contributed by atoms with Crippen molar-refractivity contribution >= 4 is 35.6 Å². The predicted molar refractivity (Wildman–Crippen MR) is 145 cm³/mol. The number of amides is 4. The SMILES string of the molecule is CCOC(=O)c1ccc(N2C(=O)NC(=O)/C(=C\c3ccc(OCc4cccc(C)c4)c(OCC)c3)C2=O)cc1. The highest BCUT2D eigenvalue weighted by Gasteiger charge is 2.37. The van der Waals surface area contributed by atoms with Crippen LogP contribution in [-0.2, 0) is 20.9 Å². The van der Waals surface area contributed by atoms with Gasteiger partial charge in [-0.25, -0.2) is 14.5 Å². The molecule has 3 aromatic carbocycles. The van der Waals surface area contributed by atoms with E-state index in [0.29, 0.717) is 30.3 Å². The van der Waals surface area contributed by atoms with E-state index in [9.17, 15) is 19.2 Å². The van der Waals surface area contributed by atoms with Crippen molar-refractivity contribution in [3.63, 3.8) is 0 Å². The zero-order valence-corrected chi connectivity index (χ0v) is 21.9. The van der Waals surface area contributed by atoms with E-state index in [0.717, 1.165) is 16.0 Å². The first-order valence-electron chi connectivity index (χ1n) is 12.4. The largest absolute Gasteiger partial charge is 0.490 e. The van der Waals surface area contributed by atoms with Crippen molar-refractivity contribution in [2.24, 2.45) is 0 Å². The van der Waals surface area contributed by atoms with Gasteiger partial charge in [0.2, 0.25) is 0 Å². The highest BCUT2D eigenvalue weighted by Crippen LogP contribution is 2.31. The lowest BCUT2D eigenvalue weighted by atomic mass is 10.1. The maximum Gasteiger partial charge on any atom is 0.338 e. The average Bonchev–Trinajstić information content (AvgIpc) is 2.91. The van der Waals surface area contributed by atoms with Crippen LogP contribution in [0.1, 0.15) is 40.9 Å². The van der Waals surface area contributed by atoms with Crippen molar-refractivity contribution in [3.05, 3.63) is 94.6 Å². The number of nitrogens with zero attached hydrogens (tertiary/aromatic N) is 1. The minimum Gasteiger partial charge on any atom is -0.490 e. The Morgan fingerprint density at radius 1 is 0.897 bits per heavy atom. The molecule has 1 heterocycles. The molecule has 9 nitrogen and oxygen atoms in total. The van der Waals surface area contributed by atoms with Crippen molar-refractivity contribution in [1.29, 1.82) is 0 Å². The molecule has 0 unspecified atom stereocenters. The fraction of sp³-hybridized carbons (Fsp3) is 0.200. The number of rotatable bonds is 9. The molecule has 0 saturated carbocycles. The molecular formula is C30H28N2O7. The molecule has 1 saturated heterocycles. The molecule has 4 rings (SSSR count). The summed E-state index contributed by atoms with van der Waals surface area (Å²) in [6.07, 6.45) is 1.39. The molecular weight excluding hydrogens is 500 g/mol. The Morgan fingerprint density at radius 3 is 2.36 bits per heavy atom. The van der Waals surface area contributed by atoms with Crippen LogP contribution in [0.5, 0.6) is 11.5 Å². The minimum absolute atomic E-state index is 0.193. The topological polar surface area (TPSA) is 111 Å². The van der Waals surface area contributed by atoms with Crippen molar-refractivity contribution in [1.82, 2.24) is 5.32 Å². The average molecular weight is 529 g/mol. The summed E-state index contributed by atoms with van der Waals surface area (Å²) in [5.74, 6) is -1.18. The standard InChI is InChI=1S/C30H28N2O7/c1-4-37-26-17-20(9-14-25(26)39-18-21-8-6-7-19(3)15-21)16-24-27(33)31-30(36)32(28(24)34)23-12-10-22(11-13-23)29(35)38-5-2/h6-17H,4-5,18H2,1-3H3,(H,31,33,36)/b24-16+. The number of benzene rings is 3. The zero-order chi connectivity index (χ0) is 27.9. The number of hydrogen-bond donors (Lipinski definition) is 1. The van der Waals surface area contributed by atoms with Crippen LogP contribution < -0.4 is 19.7 Å². The van der Waals surface area contributed by atoms with Crippen LogP contribution in [0.15, 0.2) is 72.3 Å². The normalized spacial score (nSPS) is 14.3. The number of urea groups is 1. The first-order chi connectivity index (χ1) is 18.8. The fourth-order valence-corrected chi connectivity index (χ4v) is 3.98. The predicted octanol–water partition coefficient (Wildman–Crippen LogP) is 4.82. The van der Waals surface area contributed by atoms with Crippen molar-refractivity contribution in [3.8, 4) is 11.5 Å². The Hall–Kier alpha value is -4.92. The highest BCUT2D eigenvalue weighted by atomic mass is 16.5. The molecule has 39 heavy (non-hydrogen) atoms. The van der Waals surface area contributed by atoms with Crippen molar-refractivity contribution < 1.29 is 33.4 Å². The number of anilines is 1. The van der Waals surface area contributed by atoms with E-state index in [-0.39, 0.29) is 23.4 Å². The quantitative estimate of drug-likeness (QED) is 0.241. The van der Waals surface area contributed by atoms with E-state index in [1.54, 1.807) is 25.1 Å². The molecule has 0 radical (unpaired) electrons. The molecule has 0 bridgehead atoms. The number of ether oxygens (including phenoxy) is 3. The number of carbonyl (C=O) groups excluding carboxylic acids is 4. The third kappa shape index (κ3) is 6.32. The van der Waals surface area contributed by atoms with Gasteiger partial charge >= 0.3 is 12.0 Å². The Balaban J connectivity index is 1.58. The molecule has 0 atom stereocenters. The van der Waals surface area contributed by atoms with Crippen LogP contribution in [0.3, 0.4) is 0 Å². The summed E-state index contributed by atoms with van der Waals surface area (Å²) in [5.41, 5.74) is 2.87. The lowest BCUT2D eigenvalue weighted by molar-refractivity contribution is -0.122. The molecule has 4 amide bonds. The minimum atomic E-state index is -0.888. The van der Waals surface area contributed by atoms with Gasteiger partial charge in [0, 0.05) is 0 Å². The smallest absolute Gasteiger partial charge is 0.338 e. The highest BCUT2D eigenvalue weighted by molar-refractivity contribution is 6.39. The second-order valence-corrected chi connectivity index (χ2v) is 8.64. The monoisotopic (exact) mass is 528 g/mol. The summed E-state index contributed by atoms with van der Waals surface area (Å²) in [4.78, 5) is 51.2. The first-order valence-corrected chi connectivity index (χ1v) is 12.4. The molecule has 1 aliphatic rings. The molecule has 0 aliphatic carbocycles. The molecule has 9 heteroatoms. The summed E-state index contributed by atoms with van der Waals surface area (Å²) in [6.45, 7) is 6.48. The van der Waals surface area contributed by atoms with E-state index in [2.05, 4.69) is 5.32 Å². The fourth-order valence-electron chi connectivity index (χ4n) is 3.98. The lowest BCUT2D eigenvalue weighted by Crippen LogP contribution is -2.54. The van der Waals surface area contributed by atoms with Gasteiger partial charge in [-0.1, -0.05) is 35.9 Å². The van der Waals surface area contributed by atoms with Gasteiger partial charge in [0.05, 0.1) is 24.5 Å². The number of barbiturate groups is 1. The molecule has 200 valence electrons. The molecule has 1 fully saturated rings. The van der Waals surface area contributed by atoms with Gasteiger partial charge in [0.25, 0.3) is 11.8 Å². The van der Waals surface area contributed by atoms with Gasteiger partial charge < -0.3 is 14.2 Å². The summed E-state index contributed by atoms with van der Waals surface area (Å²) < 4.78 is 16.7. The second-order valence-electron chi connectivity index (χ2n) is 8.64. The van der Waals surface area contributed by atoms with Crippen LogP contribution >= 0.6 is 0 Å². The molecule has 0 spiro atoms. The molecule has 0 aromatic heterocycles.